The molecule has 0 spiro atoms. The Bertz CT molecular complexity index is 201. The van der Waals surface area contributed by atoms with Gasteiger partial charge in [0.25, 0.3) is 0 Å². The summed E-state index contributed by atoms with van der Waals surface area (Å²) in [5.41, 5.74) is -0.657. The summed E-state index contributed by atoms with van der Waals surface area (Å²) in [6.45, 7) is 11.6. The van der Waals surface area contributed by atoms with E-state index in [4.69, 9.17) is 0 Å². The average Bonchev–Trinajstić information content (AvgIpc) is 2.02. The van der Waals surface area contributed by atoms with Gasteiger partial charge < -0.3 is 0 Å². The van der Waals surface area contributed by atoms with Crippen LogP contribution in [0.2, 0.25) is 0 Å². The van der Waals surface area contributed by atoms with Gasteiger partial charge in [0.05, 0.1) is 0 Å². The smallest absolute Gasteiger partial charge is 0.252 e. The van der Waals surface area contributed by atoms with Gasteiger partial charge in [0.1, 0.15) is 5.70 Å². The van der Waals surface area contributed by atoms with Crippen molar-refractivity contribution in [2.45, 2.75) is 26.9 Å². The van der Waals surface area contributed by atoms with E-state index in [-0.39, 0.29) is 0 Å². The molecule has 0 aliphatic rings. The number of allylic oxidation sites excluding steroid dienone is 2. The number of alkyl halides is 3. The van der Waals surface area contributed by atoms with E-state index in [1.54, 1.807) is 6.92 Å². The molecule has 76 valence electrons. The molecule has 0 radical (unpaired) electrons. The molecular formula is C9H14F3N. The molecule has 0 heterocycles. The summed E-state index contributed by atoms with van der Waals surface area (Å²) >= 11 is 0. The molecule has 1 nitrogen and oxygen atoms in total. The monoisotopic (exact) mass is 193 g/mol. The van der Waals surface area contributed by atoms with Gasteiger partial charge >= 0.3 is 6.18 Å². The molecule has 0 amide bonds. The van der Waals surface area contributed by atoms with E-state index >= 15 is 0 Å². The first-order valence-corrected chi connectivity index (χ1v) is 3.79. The Balaban J connectivity index is 0. The zero-order valence-electron chi connectivity index (χ0n) is 8.07. The van der Waals surface area contributed by atoms with E-state index in [1.807, 2.05) is 13.8 Å². The van der Waals surface area contributed by atoms with Gasteiger partial charge in [0, 0.05) is 6.21 Å². The topological polar surface area (TPSA) is 12.4 Å². The van der Waals surface area contributed by atoms with E-state index in [0.717, 1.165) is 6.21 Å². The number of rotatable bonds is 2. The molecule has 0 aliphatic heterocycles. The second-order valence-electron chi connectivity index (χ2n) is 2.05. The first-order chi connectivity index (χ1) is 5.84. The lowest BCUT2D eigenvalue weighted by atomic mass is 10.4. The van der Waals surface area contributed by atoms with Crippen LogP contribution in [0.25, 0.3) is 0 Å². The van der Waals surface area contributed by atoms with Crippen LogP contribution in [0, 0.1) is 0 Å². The summed E-state index contributed by atoms with van der Waals surface area (Å²) in [5.74, 6) is 0. The molecule has 0 aromatic rings. The molecule has 0 unspecified atom stereocenters. The molecule has 0 aromatic carbocycles. The highest BCUT2D eigenvalue weighted by molar-refractivity contribution is 5.77. The fraction of sp³-hybridized carbons (Fsp3) is 0.444. The van der Waals surface area contributed by atoms with Gasteiger partial charge in [-0.25, -0.2) is 0 Å². The molecule has 0 bridgehead atoms. The number of hydrogen-bond donors (Lipinski definition) is 0. The largest absolute Gasteiger partial charge is 0.432 e. The van der Waals surface area contributed by atoms with Crippen molar-refractivity contribution in [3.63, 3.8) is 0 Å². The van der Waals surface area contributed by atoms with Crippen molar-refractivity contribution in [3.05, 3.63) is 24.4 Å². The molecular weight excluding hydrogens is 179 g/mol. The van der Waals surface area contributed by atoms with Crippen LogP contribution < -0.4 is 0 Å². The normalized spacial score (nSPS) is 10.6. The summed E-state index contributed by atoms with van der Waals surface area (Å²) in [6, 6.07) is 0. The molecule has 4 heteroatoms. The number of aliphatic imine (C=N–C) groups is 1. The Hall–Kier alpha value is -1.06. The van der Waals surface area contributed by atoms with E-state index in [9.17, 15) is 13.2 Å². The molecule has 0 rings (SSSR count). The van der Waals surface area contributed by atoms with Gasteiger partial charge in [-0.05, 0) is 12.5 Å². The Labute approximate surface area is 76.7 Å². The SMILES string of the molecule is C=C(C)C=NC(=C)C(F)(F)F.CC. The van der Waals surface area contributed by atoms with E-state index in [2.05, 4.69) is 18.2 Å². The molecule has 0 aliphatic carbocycles. The van der Waals surface area contributed by atoms with Gasteiger partial charge in [0.2, 0.25) is 0 Å². The average molecular weight is 193 g/mol. The Morgan fingerprint density at radius 1 is 1.23 bits per heavy atom. The minimum atomic E-state index is -4.44. The van der Waals surface area contributed by atoms with Gasteiger partial charge in [0.15, 0.2) is 0 Å². The summed E-state index contributed by atoms with van der Waals surface area (Å²) in [5, 5.41) is 0. The maximum absolute atomic E-state index is 11.7. The van der Waals surface area contributed by atoms with E-state index < -0.39 is 11.9 Å². The van der Waals surface area contributed by atoms with Crippen LogP contribution >= 0.6 is 0 Å². The third-order valence-electron chi connectivity index (χ3n) is 0.768. The lowest BCUT2D eigenvalue weighted by Crippen LogP contribution is -2.08. The summed E-state index contributed by atoms with van der Waals surface area (Å²) < 4.78 is 35.0. The predicted molar refractivity (Wildman–Crippen MR) is 49.8 cm³/mol. The van der Waals surface area contributed by atoms with Crippen LogP contribution in [-0.4, -0.2) is 12.4 Å². The molecule has 0 atom stereocenters. The van der Waals surface area contributed by atoms with Crippen LogP contribution in [0.5, 0.6) is 0 Å². The lowest BCUT2D eigenvalue weighted by Gasteiger charge is -2.03. The zero-order chi connectivity index (χ0) is 11.1. The van der Waals surface area contributed by atoms with Gasteiger partial charge in [-0.3, -0.25) is 4.99 Å². The van der Waals surface area contributed by atoms with Crippen molar-refractivity contribution in [2.75, 3.05) is 0 Å². The molecule has 0 saturated carbocycles. The maximum Gasteiger partial charge on any atom is 0.432 e. The standard InChI is InChI=1S/C7H8F3N.C2H6/c1-5(2)4-11-6(3)7(8,9)10;1-2/h4H,1,3H2,2H3;1-2H3. The molecule has 0 fully saturated rings. The third-order valence-corrected chi connectivity index (χ3v) is 0.768. The fourth-order valence-electron chi connectivity index (χ4n) is 0.261. The molecule has 13 heavy (non-hydrogen) atoms. The molecule has 0 N–H and O–H groups in total. The lowest BCUT2D eigenvalue weighted by molar-refractivity contribution is -0.0918. The third kappa shape index (κ3) is 8.85. The first-order valence-electron chi connectivity index (χ1n) is 3.79. The van der Waals surface area contributed by atoms with Crippen molar-refractivity contribution in [2.24, 2.45) is 4.99 Å². The van der Waals surface area contributed by atoms with Crippen LogP contribution in [0.1, 0.15) is 20.8 Å². The highest BCUT2D eigenvalue weighted by atomic mass is 19.4. The van der Waals surface area contributed by atoms with Crippen molar-refractivity contribution >= 4 is 6.21 Å². The Morgan fingerprint density at radius 3 is 1.85 bits per heavy atom. The highest BCUT2D eigenvalue weighted by Crippen LogP contribution is 2.24. The van der Waals surface area contributed by atoms with E-state index in [0.29, 0.717) is 5.57 Å². The van der Waals surface area contributed by atoms with E-state index in [1.165, 1.54) is 0 Å². The quantitative estimate of drug-likeness (QED) is 0.592. The van der Waals surface area contributed by atoms with Gasteiger partial charge in [-0.1, -0.05) is 27.0 Å². The van der Waals surface area contributed by atoms with Crippen LogP contribution in [0.15, 0.2) is 29.4 Å². The van der Waals surface area contributed by atoms with Crippen molar-refractivity contribution in [1.29, 1.82) is 0 Å². The van der Waals surface area contributed by atoms with Crippen molar-refractivity contribution in [1.82, 2.24) is 0 Å². The van der Waals surface area contributed by atoms with Crippen LogP contribution in [0.4, 0.5) is 13.2 Å². The van der Waals surface area contributed by atoms with Crippen molar-refractivity contribution in [3.8, 4) is 0 Å². The summed E-state index contributed by atoms with van der Waals surface area (Å²) in [7, 11) is 0. The van der Waals surface area contributed by atoms with Crippen molar-refractivity contribution < 1.29 is 13.2 Å². The maximum atomic E-state index is 11.7. The second kappa shape index (κ2) is 6.46. The predicted octanol–water partition coefficient (Wildman–Crippen LogP) is 3.74. The van der Waals surface area contributed by atoms with Crippen LogP contribution in [-0.2, 0) is 0 Å². The number of halogens is 3. The zero-order valence-corrected chi connectivity index (χ0v) is 8.07. The number of hydrogen-bond acceptors (Lipinski definition) is 1. The second-order valence-corrected chi connectivity index (χ2v) is 2.05. The molecule has 0 aromatic heterocycles. The minimum Gasteiger partial charge on any atom is -0.252 e. The highest BCUT2D eigenvalue weighted by Gasteiger charge is 2.31. The van der Waals surface area contributed by atoms with Crippen LogP contribution in [0.3, 0.4) is 0 Å². The first kappa shape index (κ1) is 14.5. The van der Waals surface area contributed by atoms with Gasteiger partial charge in [-0.15, -0.1) is 0 Å². The molecule has 0 saturated heterocycles. The summed E-state index contributed by atoms with van der Waals surface area (Å²) in [4.78, 5) is 3.05. The Morgan fingerprint density at radius 2 is 1.62 bits per heavy atom. The van der Waals surface area contributed by atoms with Gasteiger partial charge in [-0.2, -0.15) is 13.2 Å². The minimum absolute atomic E-state index is 0.454. The Kier molecular flexibility index (Phi) is 7.18. The summed E-state index contributed by atoms with van der Waals surface area (Å²) in [6.07, 6.45) is -3.41. The number of nitrogens with zero attached hydrogens (tertiary/aromatic N) is 1. The fourth-order valence-corrected chi connectivity index (χ4v) is 0.261.